The summed E-state index contributed by atoms with van der Waals surface area (Å²) in [6, 6.07) is 22.6. The first-order valence-corrected chi connectivity index (χ1v) is 11.6. The van der Waals surface area contributed by atoms with Crippen LogP contribution in [0.5, 0.6) is 0 Å². The molecule has 2 unspecified atom stereocenters. The van der Waals surface area contributed by atoms with E-state index < -0.39 is 0 Å². The summed E-state index contributed by atoms with van der Waals surface area (Å²) in [6.45, 7) is 2.19. The summed E-state index contributed by atoms with van der Waals surface area (Å²) in [5.74, 6) is 0.729. The summed E-state index contributed by atoms with van der Waals surface area (Å²) >= 11 is 0. The Hall–Kier alpha value is -3.58. The molecule has 0 fully saturated rings. The van der Waals surface area contributed by atoms with Gasteiger partial charge in [0.2, 0.25) is 0 Å². The Morgan fingerprint density at radius 3 is 2.72 bits per heavy atom. The molecule has 0 spiro atoms. The minimum Gasteiger partial charge on any atom is -0.364 e. The third-order valence-electron chi connectivity index (χ3n) is 7.08. The van der Waals surface area contributed by atoms with E-state index in [1.807, 2.05) is 0 Å². The molecule has 2 atom stereocenters. The van der Waals surface area contributed by atoms with Gasteiger partial charge < -0.3 is 5.32 Å². The lowest BCUT2D eigenvalue weighted by Crippen LogP contribution is -2.38. The van der Waals surface area contributed by atoms with E-state index in [9.17, 15) is 0 Å². The second-order valence-corrected chi connectivity index (χ2v) is 9.08. The quantitative estimate of drug-likeness (QED) is 0.576. The first kappa shape index (κ1) is 19.1. The molecule has 1 nitrogen and oxygen atoms in total. The smallest absolute Gasteiger partial charge is 0.0255 e. The maximum absolute atomic E-state index is 3.57. The van der Waals surface area contributed by atoms with Crippen molar-refractivity contribution < 1.29 is 0 Å². The summed E-state index contributed by atoms with van der Waals surface area (Å²) in [5.41, 5.74) is 9.62. The van der Waals surface area contributed by atoms with Gasteiger partial charge in [0, 0.05) is 23.7 Å². The zero-order valence-corrected chi connectivity index (χ0v) is 18.4. The molecule has 0 aromatic heterocycles. The number of aryl methyl sites for hydroxylation is 1. The number of hydrogen-bond acceptors (Lipinski definition) is 1. The maximum Gasteiger partial charge on any atom is 0.0255 e. The van der Waals surface area contributed by atoms with Crippen LogP contribution in [0.25, 0.3) is 23.3 Å². The van der Waals surface area contributed by atoms with Crippen LogP contribution in [0.15, 0.2) is 96.9 Å². The summed E-state index contributed by atoms with van der Waals surface area (Å²) < 4.78 is 0. The van der Waals surface area contributed by atoms with Crippen molar-refractivity contribution in [2.75, 3.05) is 0 Å². The van der Waals surface area contributed by atoms with Crippen molar-refractivity contribution in [2.45, 2.75) is 31.6 Å². The lowest BCUT2D eigenvalue weighted by atomic mass is 9.75. The summed E-state index contributed by atoms with van der Waals surface area (Å²) in [5, 5.41) is 6.39. The molecule has 2 aliphatic carbocycles. The fraction of sp³-hybridized carbons (Fsp3) is 0.161. The standard InChI is InChI=1S/C31H27N/c1-21-8-7-10-23(18-21)24-19-29-27-14-13-22-9-4-5-11-25(22)26(27)15-16-28(29)30(20-24)31-12-3-2-6-17-32-31/h2-12,14-19,24,30,32H,13,20H2,1H3. The van der Waals surface area contributed by atoms with Gasteiger partial charge in [0.25, 0.3) is 0 Å². The molecule has 3 aromatic rings. The highest BCUT2D eigenvalue weighted by Crippen LogP contribution is 2.38. The van der Waals surface area contributed by atoms with E-state index in [0.717, 1.165) is 12.8 Å². The number of benzene rings is 3. The molecule has 1 aliphatic heterocycles. The van der Waals surface area contributed by atoms with Crippen molar-refractivity contribution in [3.05, 3.63) is 130 Å². The van der Waals surface area contributed by atoms with E-state index in [4.69, 9.17) is 0 Å². The molecule has 0 bridgehead atoms. The van der Waals surface area contributed by atoms with Crippen LogP contribution in [-0.4, -0.2) is 0 Å². The van der Waals surface area contributed by atoms with Gasteiger partial charge in [-0.3, -0.25) is 0 Å². The zero-order valence-electron chi connectivity index (χ0n) is 18.4. The van der Waals surface area contributed by atoms with Crippen molar-refractivity contribution >= 4 is 12.2 Å². The molecular formula is C31H27N. The zero-order chi connectivity index (χ0) is 21.5. The molecule has 1 heteroatoms. The van der Waals surface area contributed by atoms with Crippen LogP contribution in [0.1, 0.15) is 40.5 Å². The second-order valence-electron chi connectivity index (χ2n) is 9.08. The molecule has 0 saturated heterocycles. The fourth-order valence-corrected chi connectivity index (χ4v) is 5.54. The fourth-order valence-electron chi connectivity index (χ4n) is 5.54. The maximum atomic E-state index is 3.57. The van der Waals surface area contributed by atoms with Gasteiger partial charge in [-0.15, -0.1) is 0 Å². The largest absolute Gasteiger partial charge is 0.364 e. The second kappa shape index (κ2) is 7.84. The van der Waals surface area contributed by atoms with Crippen molar-refractivity contribution in [1.29, 1.82) is 0 Å². The molecular weight excluding hydrogens is 386 g/mol. The predicted molar refractivity (Wildman–Crippen MR) is 135 cm³/mol. The highest BCUT2D eigenvalue weighted by atomic mass is 14.9. The first-order chi connectivity index (χ1) is 15.8. The molecule has 3 aromatic carbocycles. The molecule has 6 rings (SSSR count). The number of nitrogens with one attached hydrogen (secondary N) is 1. The molecule has 32 heavy (non-hydrogen) atoms. The number of allylic oxidation sites excluding steroid dienone is 5. The highest BCUT2D eigenvalue weighted by Gasteiger charge is 2.28. The molecule has 156 valence electrons. The van der Waals surface area contributed by atoms with E-state index in [1.54, 1.807) is 0 Å². The van der Waals surface area contributed by atoms with Crippen molar-refractivity contribution in [3.63, 3.8) is 0 Å². The first-order valence-electron chi connectivity index (χ1n) is 11.6. The monoisotopic (exact) mass is 413 g/mol. The van der Waals surface area contributed by atoms with Crippen molar-refractivity contribution in [1.82, 2.24) is 5.32 Å². The van der Waals surface area contributed by atoms with Crippen LogP contribution in [0.3, 0.4) is 0 Å². The van der Waals surface area contributed by atoms with Crippen LogP contribution in [-0.2, 0) is 6.42 Å². The van der Waals surface area contributed by atoms with Gasteiger partial charge in [0.15, 0.2) is 0 Å². The third-order valence-corrected chi connectivity index (χ3v) is 7.08. The summed E-state index contributed by atoms with van der Waals surface area (Å²) in [6.07, 6.45) is 17.6. The lowest BCUT2D eigenvalue weighted by Gasteiger charge is -2.30. The Morgan fingerprint density at radius 1 is 0.844 bits per heavy atom. The Kier molecular flexibility index (Phi) is 4.69. The van der Waals surface area contributed by atoms with Gasteiger partial charge in [-0.2, -0.15) is 0 Å². The average Bonchev–Trinajstić information content (AvgIpc) is 3.12. The molecule has 3 aliphatic rings. The highest BCUT2D eigenvalue weighted by molar-refractivity contribution is 5.74. The molecule has 0 amide bonds. The van der Waals surface area contributed by atoms with Crippen LogP contribution in [0.2, 0.25) is 0 Å². The lowest BCUT2D eigenvalue weighted by molar-refractivity contribution is 0.623. The van der Waals surface area contributed by atoms with Gasteiger partial charge in [0.05, 0.1) is 0 Å². The number of fused-ring (bicyclic) bond motifs is 5. The minimum absolute atomic E-state index is 0.337. The van der Waals surface area contributed by atoms with E-state index in [0.29, 0.717) is 11.8 Å². The number of hydrogen-bond donors (Lipinski definition) is 1. The van der Waals surface area contributed by atoms with Crippen LogP contribution < -0.4 is 15.8 Å². The average molecular weight is 414 g/mol. The molecule has 0 radical (unpaired) electrons. The topological polar surface area (TPSA) is 12.0 Å². The Labute approximate surface area is 189 Å². The Balaban J connectivity index is 1.58. The Morgan fingerprint density at radius 2 is 1.78 bits per heavy atom. The van der Waals surface area contributed by atoms with Crippen LogP contribution in [0.4, 0.5) is 0 Å². The minimum atomic E-state index is 0.337. The van der Waals surface area contributed by atoms with E-state index in [-0.39, 0.29) is 0 Å². The summed E-state index contributed by atoms with van der Waals surface area (Å²) in [4.78, 5) is 0. The van der Waals surface area contributed by atoms with Gasteiger partial charge in [-0.1, -0.05) is 90.5 Å². The molecule has 1 N–H and O–H groups in total. The summed E-state index contributed by atoms with van der Waals surface area (Å²) in [7, 11) is 0. The predicted octanol–water partition coefficient (Wildman–Crippen LogP) is 5.61. The van der Waals surface area contributed by atoms with Crippen molar-refractivity contribution in [2.24, 2.45) is 0 Å². The van der Waals surface area contributed by atoms with Gasteiger partial charge >= 0.3 is 0 Å². The Bertz CT molecular complexity index is 1420. The van der Waals surface area contributed by atoms with Gasteiger partial charge in [-0.25, -0.2) is 0 Å². The SMILES string of the molecule is Cc1cccc(C2C=c3c(ccc4c3=CCc3ccccc3-4)C(C3=CC=CC=CN3)C2)c1. The third kappa shape index (κ3) is 3.26. The van der Waals surface area contributed by atoms with Gasteiger partial charge in [0.1, 0.15) is 0 Å². The molecule has 1 heterocycles. The number of rotatable bonds is 2. The van der Waals surface area contributed by atoms with E-state index >= 15 is 0 Å². The van der Waals surface area contributed by atoms with Gasteiger partial charge in [-0.05, 0) is 70.2 Å². The van der Waals surface area contributed by atoms with E-state index in [1.165, 1.54) is 49.5 Å². The van der Waals surface area contributed by atoms with Crippen molar-refractivity contribution in [3.8, 4) is 11.1 Å². The molecule has 0 saturated carbocycles. The van der Waals surface area contributed by atoms with Crippen LogP contribution in [0, 0.1) is 6.92 Å². The van der Waals surface area contributed by atoms with Crippen LogP contribution >= 0.6 is 0 Å². The normalized spacial score (nSPS) is 20.5. The van der Waals surface area contributed by atoms with E-state index in [2.05, 4.69) is 116 Å².